The predicted molar refractivity (Wildman–Crippen MR) is 73.2 cm³/mol. The minimum absolute atomic E-state index is 0. The van der Waals surface area contributed by atoms with Crippen molar-refractivity contribution in [1.82, 2.24) is 0 Å². The van der Waals surface area contributed by atoms with Crippen LogP contribution in [0.25, 0.3) is 0 Å². The summed E-state index contributed by atoms with van der Waals surface area (Å²) >= 11 is 0. The van der Waals surface area contributed by atoms with Gasteiger partial charge in [-0.15, -0.1) is 0 Å². The molecule has 0 spiro atoms. The van der Waals surface area contributed by atoms with E-state index in [-0.39, 0.29) is 25.6 Å². The first kappa shape index (κ1) is 26.5. The molecule has 0 aliphatic carbocycles. The van der Waals surface area contributed by atoms with Crippen LogP contribution in [0.15, 0.2) is 0 Å². The van der Waals surface area contributed by atoms with Crippen LogP contribution in [-0.2, 0) is 29.1 Å². The maximum absolute atomic E-state index is 8.12. The Hall–Kier alpha value is 0.00338. The van der Waals surface area contributed by atoms with Gasteiger partial charge >= 0.3 is 25.6 Å². The fourth-order valence-corrected chi connectivity index (χ4v) is 1.21. The van der Waals surface area contributed by atoms with E-state index in [1.165, 1.54) is 51.4 Å². The summed E-state index contributed by atoms with van der Waals surface area (Å²) in [6.45, 7) is 12.0. The largest absolute Gasteiger partial charge is 2.00 e. The zero-order valence-corrected chi connectivity index (χ0v) is 13.8. The third-order valence-corrected chi connectivity index (χ3v) is 2.21. The fourth-order valence-electron chi connectivity index (χ4n) is 1.21. The van der Waals surface area contributed by atoms with Crippen molar-refractivity contribution in [3.8, 4) is 0 Å². The molecular formula is C15H30O2Rh. The van der Waals surface area contributed by atoms with Gasteiger partial charge in [0.25, 0.3) is 0 Å². The van der Waals surface area contributed by atoms with Gasteiger partial charge in [-0.25, -0.2) is 0 Å². The second-order valence-electron chi connectivity index (χ2n) is 3.91. The van der Waals surface area contributed by atoms with E-state index in [0.717, 1.165) is 12.8 Å². The molecule has 0 N–H and O–H groups in total. The van der Waals surface area contributed by atoms with E-state index in [1.54, 1.807) is 0 Å². The van der Waals surface area contributed by atoms with Crippen LogP contribution >= 0.6 is 0 Å². The molecule has 0 rings (SSSR count). The molecule has 0 aliphatic heterocycles. The Morgan fingerprint density at radius 1 is 0.722 bits per heavy atom. The van der Waals surface area contributed by atoms with Crippen molar-refractivity contribution in [2.45, 2.75) is 78.1 Å². The van der Waals surface area contributed by atoms with Crippen molar-refractivity contribution in [2.75, 3.05) is 0 Å². The molecule has 1 radical (unpaired) electrons. The molecule has 0 saturated carbocycles. The van der Waals surface area contributed by atoms with E-state index in [2.05, 4.69) is 27.7 Å². The van der Waals surface area contributed by atoms with E-state index >= 15 is 0 Å². The van der Waals surface area contributed by atoms with Gasteiger partial charge in [0, 0.05) is 0 Å². The van der Waals surface area contributed by atoms with Crippen LogP contribution in [-0.4, -0.2) is 6.15 Å². The molecule has 0 atom stereocenters. The molecule has 2 nitrogen and oxygen atoms in total. The smallest absolute Gasteiger partial charge is 0.343 e. The molecule has 0 unspecified atom stereocenters. The average molecular weight is 345 g/mol. The van der Waals surface area contributed by atoms with Crippen molar-refractivity contribution in [1.29, 1.82) is 0 Å². The van der Waals surface area contributed by atoms with Gasteiger partial charge in [0.1, 0.15) is 0 Å². The molecule has 0 bridgehead atoms. The Kier molecular flexibility index (Phi) is 53.0. The van der Waals surface area contributed by atoms with Gasteiger partial charge in [0.15, 0.2) is 0 Å². The van der Waals surface area contributed by atoms with Crippen LogP contribution in [0.1, 0.15) is 78.1 Å². The Balaban J connectivity index is -0.0000000857. The maximum atomic E-state index is 8.12. The van der Waals surface area contributed by atoms with Crippen LogP contribution in [0.5, 0.6) is 0 Å². The van der Waals surface area contributed by atoms with Gasteiger partial charge in [0.05, 0.1) is 0 Å². The Labute approximate surface area is 127 Å². The standard InChI is InChI=1S/2C7H15.CO2.Rh/c2*1-3-5-7-6-4-2;2-1-3;/h2*1,3-7H2,2H3;;/q2*-1;;+2. The third kappa shape index (κ3) is 56.2. The second kappa shape index (κ2) is 36.0. The molecule has 0 amide bonds. The molecule has 0 aromatic heterocycles. The molecule has 0 aromatic rings. The van der Waals surface area contributed by atoms with Gasteiger partial charge in [-0.1, -0.05) is 65.2 Å². The molecule has 0 aliphatic rings. The maximum Gasteiger partial charge on any atom is 2.00 e. The Bertz CT molecular complexity index is 114. The summed E-state index contributed by atoms with van der Waals surface area (Å²) in [5.41, 5.74) is 0. The molecular weight excluding hydrogens is 315 g/mol. The Morgan fingerprint density at radius 2 is 1.00 bits per heavy atom. The molecule has 111 valence electrons. The zero-order valence-electron chi connectivity index (χ0n) is 12.1. The predicted octanol–water partition coefficient (Wildman–Crippen LogP) is 5.00. The summed E-state index contributed by atoms with van der Waals surface area (Å²) in [6.07, 6.45) is 13.3. The normalized spacial score (nSPS) is 7.78. The quantitative estimate of drug-likeness (QED) is 0.353. The second-order valence-corrected chi connectivity index (χ2v) is 3.91. The van der Waals surface area contributed by atoms with Gasteiger partial charge in [0.2, 0.25) is 0 Å². The first-order chi connectivity index (χ1) is 8.24. The van der Waals surface area contributed by atoms with Crippen LogP contribution in [0, 0.1) is 13.8 Å². The molecule has 0 saturated heterocycles. The van der Waals surface area contributed by atoms with Gasteiger partial charge < -0.3 is 13.8 Å². The summed E-state index contributed by atoms with van der Waals surface area (Å²) in [5.74, 6) is 0. The van der Waals surface area contributed by atoms with E-state index in [9.17, 15) is 0 Å². The third-order valence-electron chi connectivity index (χ3n) is 2.21. The van der Waals surface area contributed by atoms with E-state index < -0.39 is 0 Å². The molecule has 0 aromatic carbocycles. The topological polar surface area (TPSA) is 34.1 Å². The first-order valence-electron chi connectivity index (χ1n) is 6.82. The van der Waals surface area contributed by atoms with Gasteiger partial charge in [-0.2, -0.15) is 22.4 Å². The van der Waals surface area contributed by atoms with Crippen LogP contribution in [0.3, 0.4) is 0 Å². The summed E-state index contributed by atoms with van der Waals surface area (Å²) in [6, 6.07) is 0. The zero-order chi connectivity index (χ0) is 13.8. The van der Waals surface area contributed by atoms with Gasteiger partial charge in [-0.05, 0) is 0 Å². The van der Waals surface area contributed by atoms with E-state index in [1.807, 2.05) is 0 Å². The van der Waals surface area contributed by atoms with Crippen LogP contribution in [0.2, 0.25) is 0 Å². The fraction of sp³-hybridized carbons (Fsp3) is 0.800. The summed E-state index contributed by atoms with van der Waals surface area (Å²) in [4.78, 5) is 16.2. The monoisotopic (exact) mass is 345 g/mol. The van der Waals surface area contributed by atoms with E-state index in [0.29, 0.717) is 0 Å². The molecule has 3 heteroatoms. The minimum atomic E-state index is 0. The summed E-state index contributed by atoms with van der Waals surface area (Å²) in [5, 5.41) is 0. The number of rotatable bonds is 8. The molecule has 18 heavy (non-hydrogen) atoms. The summed E-state index contributed by atoms with van der Waals surface area (Å²) < 4.78 is 0. The number of carbonyl (C=O) groups excluding carboxylic acids is 2. The Morgan fingerprint density at radius 3 is 1.17 bits per heavy atom. The van der Waals surface area contributed by atoms with Crippen molar-refractivity contribution in [2.24, 2.45) is 0 Å². The average Bonchev–Trinajstić information content (AvgIpc) is 2.32. The number of hydrogen-bond donors (Lipinski definition) is 0. The van der Waals surface area contributed by atoms with E-state index in [4.69, 9.17) is 9.59 Å². The van der Waals surface area contributed by atoms with Crippen molar-refractivity contribution >= 4 is 6.15 Å². The molecule has 0 fully saturated rings. The van der Waals surface area contributed by atoms with Crippen LogP contribution in [0.4, 0.5) is 0 Å². The van der Waals surface area contributed by atoms with Crippen molar-refractivity contribution < 1.29 is 29.1 Å². The van der Waals surface area contributed by atoms with Crippen molar-refractivity contribution in [3.63, 3.8) is 0 Å². The minimum Gasteiger partial charge on any atom is -0.343 e. The van der Waals surface area contributed by atoms with Crippen molar-refractivity contribution in [3.05, 3.63) is 13.8 Å². The first-order valence-corrected chi connectivity index (χ1v) is 6.82. The SMILES string of the molecule is O=C=O.[CH2-]CCCCCC.[CH2-]CCCCCC.[Rh+2]. The summed E-state index contributed by atoms with van der Waals surface area (Å²) in [7, 11) is 0. The van der Waals surface area contributed by atoms with Crippen LogP contribution < -0.4 is 0 Å². The molecule has 0 heterocycles. The number of unbranched alkanes of at least 4 members (excludes halogenated alkanes) is 8. The van der Waals surface area contributed by atoms with Gasteiger partial charge in [-0.3, -0.25) is 0 Å². The number of hydrogen-bond acceptors (Lipinski definition) is 2.